The van der Waals surface area contributed by atoms with E-state index in [4.69, 9.17) is 4.74 Å². The van der Waals surface area contributed by atoms with Crippen molar-refractivity contribution in [3.8, 4) is 0 Å². The number of carbonyl (C=O) groups excluding carboxylic acids is 1. The van der Waals surface area contributed by atoms with Crippen LogP contribution in [0.2, 0.25) is 0 Å². The van der Waals surface area contributed by atoms with E-state index >= 15 is 0 Å². The van der Waals surface area contributed by atoms with Crippen LogP contribution in [0.3, 0.4) is 0 Å². The number of pyridine rings is 1. The average molecular weight is 363 g/mol. The summed E-state index contributed by atoms with van der Waals surface area (Å²) in [5.41, 5.74) is 4.02. The largest absolute Gasteiger partial charge is 0.385 e. The minimum Gasteiger partial charge on any atom is -0.385 e. The first kappa shape index (κ1) is 17.7. The molecule has 0 spiro atoms. The summed E-state index contributed by atoms with van der Waals surface area (Å²) in [5.74, 6) is 0.732. The molecule has 140 valence electrons. The predicted octanol–water partition coefficient (Wildman–Crippen LogP) is 3.67. The molecule has 2 aliphatic rings. The number of para-hydroxylation sites is 1. The Kier molecular flexibility index (Phi) is 5.21. The van der Waals surface area contributed by atoms with Gasteiger partial charge < -0.3 is 15.4 Å². The van der Waals surface area contributed by atoms with Gasteiger partial charge in [0.15, 0.2) is 0 Å². The number of aromatic nitrogens is 1. The Morgan fingerprint density at radius 3 is 3.07 bits per heavy atom. The second kappa shape index (κ2) is 7.92. The quantitative estimate of drug-likeness (QED) is 0.607. The van der Waals surface area contributed by atoms with Gasteiger partial charge in [-0.05, 0) is 42.0 Å². The van der Waals surface area contributed by atoms with Gasteiger partial charge in [0.2, 0.25) is 0 Å². The van der Waals surface area contributed by atoms with Crippen molar-refractivity contribution in [2.24, 2.45) is 5.92 Å². The highest BCUT2D eigenvalue weighted by atomic mass is 16.5. The lowest BCUT2D eigenvalue weighted by molar-refractivity contribution is 0.0949. The highest BCUT2D eigenvalue weighted by Crippen LogP contribution is 2.50. The number of anilines is 1. The van der Waals surface area contributed by atoms with E-state index in [1.165, 1.54) is 5.56 Å². The molecule has 27 heavy (non-hydrogen) atoms. The summed E-state index contributed by atoms with van der Waals surface area (Å²) < 4.78 is 5.05. The summed E-state index contributed by atoms with van der Waals surface area (Å²) >= 11 is 0. The Balaban J connectivity index is 1.64. The number of ether oxygens (including phenoxy) is 1. The zero-order chi connectivity index (χ0) is 18.6. The molecule has 1 aliphatic heterocycles. The zero-order valence-electron chi connectivity index (χ0n) is 15.5. The second-order valence-corrected chi connectivity index (χ2v) is 7.13. The van der Waals surface area contributed by atoms with Crippen LogP contribution in [0, 0.1) is 5.92 Å². The van der Waals surface area contributed by atoms with Crippen molar-refractivity contribution in [1.82, 2.24) is 10.3 Å². The Morgan fingerprint density at radius 1 is 1.33 bits per heavy atom. The van der Waals surface area contributed by atoms with Crippen molar-refractivity contribution in [2.75, 3.05) is 25.6 Å². The van der Waals surface area contributed by atoms with Crippen molar-refractivity contribution in [3.63, 3.8) is 0 Å². The molecule has 5 heteroatoms. The molecule has 0 bridgehead atoms. The Labute approximate surface area is 159 Å². The van der Waals surface area contributed by atoms with Crippen LogP contribution in [0.25, 0.3) is 0 Å². The van der Waals surface area contributed by atoms with Gasteiger partial charge in [0, 0.05) is 38.6 Å². The molecule has 0 saturated carbocycles. The van der Waals surface area contributed by atoms with Gasteiger partial charge in [-0.2, -0.15) is 0 Å². The number of hydrogen-bond acceptors (Lipinski definition) is 4. The van der Waals surface area contributed by atoms with Crippen LogP contribution in [-0.2, 0) is 4.74 Å². The molecule has 0 radical (unpaired) electrons. The molecule has 1 aromatic carbocycles. The number of amides is 1. The van der Waals surface area contributed by atoms with Gasteiger partial charge in [0.25, 0.3) is 5.91 Å². The van der Waals surface area contributed by atoms with E-state index in [1.54, 1.807) is 13.3 Å². The van der Waals surface area contributed by atoms with Crippen LogP contribution < -0.4 is 10.6 Å². The van der Waals surface area contributed by atoms with Gasteiger partial charge in [-0.3, -0.25) is 9.78 Å². The maximum Gasteiger partial charge on any atom is 0.253 e. The first-order valence-corrected chi connectivity index (χ1v) is 9.52. The summed E-state index contributed by atoms with van der Waals surface area (Å²) in [5, 5.41) is 6.68. The molecule has 0 fully saturated rings. The lowest BCUT2D eigenvalue weighted by atomic mass is 9.76. The first-order chi connectivity index (χ1) is 13.3. The Morgan fingerprint density at radius 2 is 2.26 bits per heavy atom. The summed E-state index contributed by atoms with van der Waals surface area (Å²) in [7, 11) is 1.67. The van der Waals surface area contributed by atoms with Gasteiger partial charge in [0.1, 0.15) is 0 Å². The zero-order valence-corrected chi connectivity index (χ0v) is 15.5. The van der Waals surface area contributed by atoms with Crippen LogP contribution in [0.5, 0.6) is 0 Å². The number of benzene rings is 1. The van der Waals surface area contributed by atoms with Crippen LogP contribution in [0.1, 0.15) is 46.3 Å². The number of hydrogen-bond donors (Lipinski definition) is 2. The van der Waals surface area contributed by atoms with E-state index < -0.39 is 0 Å². The van der Waals surface area contributed by atoms with E-state index in [0.717, 1.165) is 24.1 Å². The summed E-state index contributed by atoms with van der Waals surface area (Å²) in [6.07, 6.45) is 10.1. The lowest BCUT2D eigenvalue weighted by Crippen LogP contribution is -2.32. The minimum atomic E-state index is -0.0409. The highest BCUT2D eigenvalue weighted by Gasteiger charge is 2.39. The molecule has 4 rings (SSSR count). The predicted molar refractivity (Wildman–Crippen MR) is 106 cm³/mol. The molecule has 5 nitrogen and oxygen atoms in total. The van der Waals surface area contributed by atoms with Gasteiger partial charge in [0.05, 0.1) is 17.3 Å². The van der Waals surface area contributed by atoms with Gasteiger partial charge >= 0.3 is 0 Å². The number of nitrogens with zero attached hydrogens (tertiary/aromatic N) is 1. The van der Waals surface area contributed by atoms with Crippen molar-refractivity contribution < 1.29 is 9.53 Å². The van der Waals surface area contributed by atoms with E-state index in [0.29, 0.717) is 30.6 Å². The van der Waals surface area contributed by atoms with E-state index in [9.17, 15) is 4.79 Å². The van der Waals surface area contributed by atoms with Crippen LogP contribution in [0.15, 0.2) is 54.9 Å². The SMILES string of the molecule is COCCCNC(=O)c1cccc2c1NC(c1cccnc1)C1CC=CC21. The molecule has 1 aromatic heterocycles. The molecule has 0 saturated heterocycles. The topological polar surface area (TPSA) is 63.2 Å². The van der Waals surface area contributed by atoms with Gasteiger partial charge in [-0.15, -0.1) is 0 Å². The smallest absolute Gasteiger partial charge is 0.253 e. The van der Waals surface area contributed by atoms with E-state index in [-0.39, 0.29) is 11.9 Å². The Bertz CT molecular complexity index is 835. The number of rotatable bonds is 6. The number of nitrogens with one attached hydrogen (secondary N) is 2. The van der Waals surface area contributed by atoms with Gasteiger partial charge in [-0.1, -0.05) is 30.4 Å². The number of methoxy groups -OCH3 is 1. The Hall–Kier alpha value is -2.66. The maximum atomic E-state index is 12.8. The highest BCUT2D eigenvalue weighted by molar-refractivity contribution is 6.00. The molecule has 1 aliphatic carbocycles. The molecule has 2 aromatic rings. The van der Waals surface area contributed by atoms with Crippen LogP contribution in [0.4, 0.5) is 5.69 Å². The van der Waals surface area contributed by atoms with Gasteiger partial charge in [-0.25, -0.2) is 0 Å². The van der Waals surface area contributed by atoms with Crippen LogP contribution >= 0.6 is 0 Å². The lowest BCUT2D eigenvalue weighted by Gasteiger charge is -2.38. The summed E-state index contributed by atoms with van der Waals surface area (Å²) in [6, 6.07) is 10.2. The molecule has 2 heterocycles. The maximum absolute atomic E-state index is 12.8. The van der Waals surface area contributed by atoms with E-state index in [1.807, 2.05) is 24.4 Å². The minimum absolute atomic E-state index is 0.0409. The van der Waals surface area contributed by atoms with Crippen molar-refractivity contribution >= 4 is 11.6 Å². The molecule has 1 amide bonds. The third kappa shape index (κ3) is 3.47. The number of fused-ring (bicyclic) bond motifs is 3. The fourth-order valence-corrected chi connectivity index (χ4v) is 4.21. The number of allylic oxidation sites excluding steroid dienone is 2. The van der Waals surface area contributed by atoms with Crippen molar-refractivity contribution in [3.05, 3.63) is 71.6 Å². The summed E-state index contributed by atoms with van der Waals surface area (Å²) in [6.45, 7) is 1.25. The normalized spacial score (nSPS) is 22.6. The van der Waals surface area contributed by atoms with E-state index in [2.05, 4.69) is 39.9 Å². The molecular formula is C22H25N3O2. The fraction of sp³-hybridized carbons (Fsp3) is 0.364. The van der Waals surface area contributed by atoms with Crippen molar-refractivity contribution in [1.29, 1.82) is 0 Å². The average Bonchev–Trinajstić information content (AvgIpc) is 3.21. The third-order valence-electron chi connectivity index (χ3n) is 5.50. The molecule has 2 N–H and O–H groups in total. The summed E-state index contributed by atoms with van der Waals surface area (Å²) in [4.78, 5) is 17.1. The first-order valence-electron chi connectivity index (χ1n) is 9.52. The molecule has 3 unspecified atom stereocenters. The fourth-order valence-electron chi connectivity index (χ4n) is 4.21. The number of carbonyl (C=O) groups is 1. The molecular weight excluding hydrogens is 338 g/mol. The standard InChI is InChI=1S/C22H25N3O2/c1-27-13-5-12-24-22(26)19-10-3-9-18-16-7-2-8-17(16)20(25-21(18)19)15-6-4-11-23-14-15/h2-4,6-7,9-11,14,16-17,20,25H,5,8,12-13H2,1H3,(H,24,26). The third-order valence-corrected chi connectivity index (χ3v) is 5.50. The monoisotopic (exact) mass is 363 g/mol. The molecule has 3 atom stereocenters. The van der Waals surface area contributed by atoms with Crippen LogP contribution in [-0.4, -0.2) is 31.2 Å². The van der Waals surface area contributed by atoms with Crippen molar-refractivity contribution in [2.45, 2.75) is 24.8 Å². The second-order valence-electron chi connectivity index (χ2n) is 7.13.